The van der Waals surface area contributed by atoms with Crippen molar-refractivity contribution in [1.29, 1.82) is 5.41 Å². The van der Waals surface area contributed by atoms with Gasteiger partial charge in [-0.05, 0) is 44.5 Å². The molecular weight excluding hydrogens is 464 g/mol. The zero-order valence-corrected chi connectivity index (χ0v) is 21.0. The summed E-state index contributed by atoms with van der Waals surface area (Å²) in [5.41, 5.74) is 17.3. The summed E-state index contributed by atoms with van der Waals surface area (Å²) in [5, 5.41) is 11.6. The zero-order valence-electron chi connectivity index (χ0n) is 21.0. The van der Waals surface area contributed by atoms with Gasteiger partial charge in [0.1, 0.15) is 0 Å². The molecule has 3 aromatic carbocycles. The number of primary amides is 1. The molecule has 0 saturated heterocycles. The molecule has 0 aliphatic rings. The number of nitrogens with two attached hydrogens (primary N) is 2. The first-order chi connectivity index (χ1) is 17.7. The van der Waals surface area contributed by atoms with Gasteiger partial charge in [-0.1, -0.05) is 48.5 Å². The quantitative estimate of drug-likeness (QED) is 0.169. The Kier molecular flexibility index (Phi) is 7.20. The summed E-state index contributed by atoms with van der Waals surface area (Å²) in [6.45, 7) is 5.40. The molecular formula is C29H30N6O2. The fourth-order valence-electron chi connectivity index (χ4n) is 4.33. The van der Waals surface area contributed by atoms with Crippen LogP contribution in [0, 0.1) is 5.41 Å². The molecule has 2 unspecified atom stereocenters. The summed E-state index contributed by atoms with van der Waals surface area (Å²) in [4.78, 5) is 33.3. The van der Waals surface area contributed by atoms with Crippen LogP contribution in [0.2, 0.25) is 0 Å². The van der Waals surface area contributed by atoms with Crippen molar-refractivity contribution in [1.82, 2.24) is 4.98 Å². The fraction of sp³-hybridized carbons (Fsp3) is 0.172. The topological polar surface area (TPSA) is 150 Å². The lowest BCUT2D eigenvalue weighted by Gasteiger charge is -2.16. The first-order valence-corrected chi connectivity index (χ1v) is 12.0. The second-order valence-corrected chi connectivity index (χ2v) is 9.01. The molecule has 0 bridgehead atoms. The molecule has 0 radical (unpaired) electrons. The number of nitrogen functional groups attached to an aromatic ring is 1. The summed E-state index contributed by atoms with van der Waals surface area (Å²) >= 11 is 0. The van der Waals surface area contributed by atoms with Gasteiger partial charge in [0.25, 0.3) is 0 Å². The second-order valence-electron chi connectivity index (χ2n) is 9.01. The van der Waals surface area contributed by atoms with Crippen molar-refractivity contribution in [2.75, 3.05) is 11.1 Å². The molecule has 4 rings (SSSR count). The molecule has 8 nitrogen and oxygen atoms in total. The monoisotopic (exact) mass is 494 g/mol. The van der Waals surface area contributed by atoms with Gasteiger partial charge in [-0.3, -0.25) is 14.6 Å². The Hall–Kier alpha value is -4.72. The van der Waals surface area contributed by atoms with Gasteiger partial charge < -0.3 is 27.2 Å². The Morgan fingerprint density at radius 3 is 2.35 bits per heavy atom. The van der Waals surface area contributed by atoms with Crippen LogP contribution < -0.4 is 16.8 Å². The highest BCUT2D eigenvalue weighted by atomic mass is 16.2. The number of aromatic nitrogens is 1. The number of amides is 2. The fourth-order valence-corrected chi connectivity index (χ4v) is 4.33. The molecule has 4 aromatic rings. The number of para-hydroxylation sites is 1. The van der Waals surface area contributed by atoms with E-state index < -0.39 is 11.8 Å². The molecule has 1 aromatic heterocycles. The number of carbonyl (C=O) groups excluding carboxylic acids is 2. The van der Waals surface area contributed by atoms with Crippen LogP contribution in [0.15, 0.2) is 71.7 Å². The van der Waals surface area contributed by atoms with Gasteiger partial charge in [-0.2, -0.15) is 0 Å². The maximum Gasteiger partial charge on any atom is 0.231 e. The van der Waals surface area contributed by atoms with Crippen molar-refractivity contribution in [3.8, 4) is 0 Å². The smallest absolute Gasteiger partial charge is 0.231 e. The van der Waals surface area contributed by atoms with E-state index in [2.05, 4.69) is 10.3 Å². The number of nitrogens with zero attached hydrogens (tertiary/aromatic N) is 1. The molecule has 7 N–H and O–H groups in total. The summed E-state index contributed by atoms with van der Waals surface area (Å²) in [7, 11) is 0. The highest BCUT2D eigenvalue weighted by molar-refractivity contribution is 6.13. The van der Waals surface area contributed by atoms with Crippen molar-refractivity contribution >= 4 is 51.7 Å². The van der Waals surface area contributed by atoms with E-state index in [1.54, 1.807) is 19.1 Å². The number of nitrogens with one attached hydrogen (secondary N) is 3. The minimum atomic E-state index is -0.652. The molecule has 8 heteroatoms. The molecule has 0 aliphatic heterocycles. The van der Waals surface area contributed by atoms with Crippen molar-refractivity contribution in [3.05, 3.63) is 89.1 Å². The Morgan fingerprint density at radius 2 is 1.68 bits per heavy atom. The van der Waals surface area contributed by atoms with Gasteiger partial charge in [0.15, 0.2) is 0 Å². The van der Waals surface area contributed by atoms with Crippen LogP contribution in [0.5, 0.6) is 0 Å². The average molecular weight is 495 g/mol. The highest BCUT2D eigenvalue weighted by Gasteiger charge is 2.23. The van der Waals surface area contributed by atoms with E-state index in [0.717, 1.165) is 11.1 Å². The number of hydrogen-bond donors (Lipinski definition) is 5. The number of anilines is 2. The Bertz CT molecular complexity index is 1520. The summed E-state index contributed by atoms with van der Waals surface area (Å²) < 4.78 is 0. The summed E-state index contributed by atoms with van der Waals surface area (Å²) in [6, 6.07) is 20.5. The molecule has 2 atom stereocenters. The predicted octanol–water partition coefficient (Wildman–Crippen LogP) is 5.22. The molecule has 37 heavy (non-hydrogen) atoms. The zero-order chi connectivity index (χ0) is 26.7. The molecule has 1 heterocycles. The van der Waals surface area contributed by atoms with E-state index in [9.17, 15) is 9.59 Å². The van der Waals surface area contributed by atoms with Gasteiger partial charge in [-0.25, -0.2) is 0 Å². The largest absolute Gasteiger partial charge is 0.398 e. The van der Waals surface area contributed by atoms with Crippen molar-refractivity contribution in [2.24, 2.45) is 10.7 Å². The Morgan fingerprint density at radius 1 is 1.00 bits per heavy atom. The third-order valence-electron chi connectivity index (χ3n) is 6.59. The maximum atomic E-state index is 13.1. The van der Waals surface area contributed by atoms with Crippen LogP contribution >= 0.6 is 0 Å². The SMILES string of the molecule is CC(=Nc1c(C(C)C(N)=O)[nH]c2ccc(N)c(C=N)c12)c1ccccc1NC(=O)C(C)c1ccccc1. The van der Waals surface area contributed by atoms with E-state index in [1.807, 2.05) is 68.4 Å². The van der Waals surface area contributed by atoms with E-state index in [1.165, 1.54) is 6.21 Å². The van der Waals surface area contributed by atoms with Crippen LogP contribution in [0.1, 0.15) is 55.0 Å². The van der Waals surface area contributed by atoms with Crippen LogP contribution in [0.25, 0.3) is 10.9 Å². The Balaban J connectivity index is 1.80. The lowest BCUT2D eigenvalue weighted by Crippen LogP contribution is -2.20. The Labute approximate surface area is 215 Å². The van der Waals surface area contributed by atoms with Gasteiger partial charge >= 0.3 is 0 Å². The van der Waals surface area contributed by atoms with Crippen LogP contribution in [0.3, 0.4) is 0 Å². The number of hydrogen-bond acceptors (Lipinski definition) is 5. The number of fused-ring (bicyclic) bond motifs is 1. The molecule has 0 aliphatic carbocycles. The summed E-state index contributed by atoms with van der Waals surface area (Å²) in [6.07, 6.45) is 1.18. The normalized spacial score (nSPS) is 13.2. The molecule has 0 spiro atoms. The van der Waals surface area contributed by atoms with Gasteiger partial charge in [-0.15, -0.1) is 0 Å². The van der Waals surface area contributed by atoms with E-state index in [-0.39, 0.29) is 11.8 Å². The average Bonchev–Trinajstić information content (AvgIpc) is 3.26. The molecule has 188 valence electrons. The second kappa shape index (κ2) is 10.5. The number of rotatable bonds is 8. The van der Waals surface area contributed by atoms with Crippen molar-refractivity contribution in [2.45, 2.75) is 32.6 Å². The first-order valence-electron chi connectivity index (χ1n) is 12.0. The van der Waals surface area contributed by atoms with E-state index >= 15 is 0 Å². The standard InChI is InChI=1S/C29H30N6O2/c1-16(19-9-5-4-6-10-19)29(37)35-23-12-8-7-11-20(23)18(3)33-27-25-21(15-30)22(31)13-14-24(25)34-26(27)17(2)28(32)36/h4-17,30,34H,31H2,1-3H3,(H2,32,36)(H,35,37). The third kappa shape index (κ3) is 4.99. The number of carbonyl (C=O) groups is 2. The molecule has 0 saturated carbocycles. The van der Waals surface area contributed by atoms with E-state index in [0.29, 0.717) is 44.9 Å². The van der Waals surface area contributed by atoms with Gasteiger partial charge in [0, 0.05) is 45.3 Å². The van der Waals surface area contributed by atoms with Crippen LogP contribution in [0.4, 0.5) is 17.1 Å². The highest BCUT2D eigenvalue weighted by Crippen LogP contribution is 2.39. The van der Waals surface area contributed by atoms with Crippen LogP contribution in [-0.2, 0) is 9.59 Å². The van der Waals surface area contributed by atoms with Gasteiger partial charge in [0.05, 0.1) is 23.2 Å². The lowest BCUT2D eigenvalue weighted by molar-refractivity contribution is -0.119. The first kappa shape index (κ1) is 25.4. The van der Waals surface area contributed by atoms with Crippen LogP contribution in [-0.4, -0.2) is 28.7 Å². The maximum absolute atomic E-state index is 13.1. The lowest BCUT2D eigenvalue weighted by atomic mass is 10.00. The summed E-state index contributed by atoms with van der Waals surface area (Å²) in [5.74, 6) is -1.64. The van der Waals surface area contributed by atoms with E-state index in [4.69, 9.17) is 21.9 Å². The minimum Gasteiger partial charge on any atom is -0.398 e. The number of H-pyrrole nitrogens is 1. The van der Waals surface area contributed by atoms with Crippen molar-refractivity contribution in [3.63, 3.8) is 0 Å². The molecule has 2 amide bonds. The van der Waals surface area contributed by atoms with Gasteiger partial charge in [0.2, 0.25) is 11.8 Å². The predicted molar refractivity (Wildman–Crippen MR) is 150 cm³/mol. The molecule has 0 fully saturated rings. The third-order valence-corrected chi connectivity index (χ3v) is 6.59. The number of benzene rings is 3. The number of aromatic amines is 1. The number of aliphatic imine (C=N–C) groups is 1. The van der Waals surface area contributed by atoms with Crippen molar-refractivity contribution < 1.29 is 9.59 Å². The minimum absolute atomic E-state index is 0.138.